The van der Waals surface area contributed by atoms with Crippen molar-refractivity contribution in [1.82, 2.24) is 5.32 Å². The van der Waals surface area contributed by atoms with Crippen molar-refractivity contribution in [2.24, 2.45) is 0 Å². The molecule has 1 atom stereocenters. The first-order chi connectivity index (χ1) is 16.1. The number of aryl methyl sites for hydroxylation is 2. The maximum Gasteiger partial charge on any atom is 0.232 e. The Kier molecular flexibility index (Phi) is 8.04. The van der Waals surface area contributed by atoms with Crippen molar-refractivity contribution in [3.8, 4) is 0 Å². The summed E-state index contributed by atoms with van der Waals surface area (Å²) in [6.45, 7) is 3.96. The fourth-order valence-electron chi connectivity index (χ4n) is 3.88. The summed E-state index contributed by atoms with van der Waals surface area (Å²) in [5.74, 6) is -2.44. The zero-order chi connectivity index (χ0) is 24.9. The van der Waals surface area contributed by atoms with Crippen molar-refractivity contribution in [3.63, 3.8) is 0 Å². The minimum atomic E-state index is -3.75. The monoisotopic (exact) mass is 486 g/mol. The Morgan fingerprint density at radius 2 is 1.68 bits per heavy atom. The van der Waals surface area contributed by atoms with Gasteiger partial charge in [-0.25, -0.2) is 17.2 Å². The van der Waals surface area contributed by atoms with Crippen molar-refractivity contribution in [2.45, 2.75) is 32.7 Å². The first kappa shape index (κ1) is 25.4. The van der Waals surface area contributed by atoms with E-state index in [-0.39, 0.29) is 37.0 Å². The van der Waals surface area contributed by atoms with Crippen LogP contribution in [0.4, 0.5) is 14.5 Å². The SMILES string of the molecule is Cc1ccc([C@@H](NC(=O)CCCN(c2ccc(F)c(F)c2)S(C)(=O)=O)c2ccccc2)c(C)c1. The number of halogens is 2. The van der Waals surface area contributed by atoms with Gasteiger partial charge >= 0.3 is 0 Å². The molecule has 3 aromatic rings. The Hall–Kier alpha value is -3.26. The van der Waals surface area contributed by atoms with Crippen LogP contribution in [0.25, 0.3) is 0 Å². The topological polar surface area (TPSA) is 66.5 Å². The summed E-state index contributed by atoms with van der Waals surface area (Å²) < 4.78 is 52.3. The summed E-state index contributed by atoms with van der Waals surface area (Å²) >= 11 is 0. The molecule has 0 heterocycles. The number of nitrogens with zero attached hydrogens (tertiary/aromatic N) is 1. The fraction of sp³-hybridized carbons (Fsp3) is 0.269. The van der Waals surface area contributed by atoms with Crippen LogP contribution in [-0.2, 0) is 14.8 Å². The Bertz CT molecular complexity index is 1260. The molecule has 0 aromatic heterocycles. The number of nitrogens with one attached hydrogen (secondary N) is 1. The Labute approximate surface area is 199 Å². The highest BCUT2D eigenvalue weighted by atomic mass is 32.2. The van der Waals surface area contributed by atoms with E-state index in [1.165, 1.54) is 6.07 Å². The van der Waals surface area contributed by atoms with Gasteiger partial charge in [0.05, 0.1) is 18.0 Å². The normalized spacial score (nSPS) is 12.3. The van der Waals surface area contributed by atoms with E-state index in [4.69, 9.17) is 0 Å². The van der Waals surface area contributed by atoms with Crippen LogP contribution in [0.3, 0.4) is 0 Å². The van der Waals surface area contributed by atoms with Crippen LogP contribution in [0.1, 0.15) is 41.1 Å². The highest BCUT2D eigenvalue weighted by Crippen LogP contribution is 2.26. The van der Waals surface area contributed by atoms with E-state index in [0.29, 0.717) is 0 Å². The molecule has 180 valence electrons. The molecule has 1 N–H and O–H groups in total. The van der Waals surface area contributed by atoms with Gasteiger partial charge in [-0.1, -0.05) is 54.1 Å². The molecule has 3 aromatic carbocycles. The zero-order valence-corrected chi connectivity index (χ0v) is 20.2. The molecule has 0 aliphatic rings. The van der Waals surface area contributed by atoms with E-state index in [1.807, 2.05) is 56.3 Å². The molecule has 0 spiro atoms. The van der Waals surface area contributed by atoms with E-state index in [9.17, 15) is 22.0 Å². The van der Waals surface area contributed by atoms with Gasteiger partial charge in [-0.3, -0.25) is 9.10 Å². The maximum atomic E-state index is 13.6. The average Bonchev–Trinajstić information content (AvgIpc) is 2.77. The number of sulfonamides is 1. The smallest absolute Gasteiger partial charge is 0.232 e. The maximum absolute atomic E-state index is 13.6. The summed E-state index contributed by atoms with van der Waals surface area (Å²) in [4.78, 5) is 12.9. The first-order valence-electron chi connectivity index (χ1n) is 10.9. The molecular weight excluding hydrogens is 458 g/mol. The number of amides is 1. The predicted octanol–water partition coefficient (Wildman–Crippen LogP) is 5.03. The van der Waals surface area contributed by atoms with Gasteiger partial charge < -0.3 is 5.32 Å². The third-order valence-electron chi connectivity index (χ3n) is 5.53. The number of benzene rings is 3. The van der Waals surface area contributed by atoms with E-state index >= 15 is 0 Å². The van der Waals surface area contributed by atoms with E-state index in [2.05, 4.69) is 11.4 Å². The van der Waals surface area contributed by atoms with E-state index in [0.717, 1.165) is 44.9 Å². The third kappa shape index (κ3) is 6.41. The summed E-state index contributed by atoms with van der Waals surface area (Å²) in [6, 6.07) is 18.2. The summed E-state index contributed by atoms with van der Waals surface area (Å²) in [5.41, 5.74) is 4.10. The van der Waals surface area contributed by atoms with Gasteiger partial charge in [0.1, 0.15) is 0 Å². The van der Waals surface area contributed by atoms with E-state index < -0.39 is 21.7 Å². The fourth-order valence-corrected chi connectivity index (χ4v) is 4.84. The number of rotatable bonds is 9. The number of hydrogen-bond acceptors (Lipinski definition) is 3. The molecule has 0 radical (unpaired) electrons. The van der Waals surface area contributed by atoms with Crippen LogP contribution >= 0.6 is 0 Å². The molecule has 3 rings (SSSR count). The second kappa shape index (κ2) is 10.8. The minimum absolute atomic E-state index is 0.0132. The Balaban J connectivity index is 1.73. The minimum Gasteiger partial charge on any atom is -0.345 e. The predicted molar refractivity (Wildman–Crippen MR) is 130 cm³/mol. The molecule has 1 amide bonds. The second-order valence-electron chi connectivity index (χ2n) is 8.31. The van der Waals surface area contributed by atoms with Crippen LogP contribution in [0.15, 0.2) is 66.7 Å². The standard InChI is InChI=1S/C26H28F2N2O3S/c1-18-11-13-22(19(2)16-18)26(20-8-5-4-6-9-20)29-25(31)10-7-15-30(34(3,32)33)21-12-14-23(27)24(28)17-21/h4-6,8-9,11-14,16-17,26H,7,10,15H2,1-3H3,(H,29,31)/t26-/m0/s1. The molecule has 5 nitrogen and oxygen atoms in total. The van der Waals surface area contributed by atoms with Crippen LogP contribution in [0, 0.1) is 25.5 Å². The number of anilines is 1. The van der Waals surface area contributed by atoms with Crippen molar-refractivity contribution in [2.75, 3.05) is 17.1 Å². The lowest BCUT2D eigenvalue weighted by molar-refractivity contribution is -0.121. The number of carbonyl (C=O) groups excluding carboxylic acids is 1. The van der Waals surface area contributed by atoms with Gasteiger partial charge in [0.25, 0.3) is 0 Å². The highest BCUT2D eigenvalue weighted by Gasteiger charge is 2.21. The van der Waals surface area contributed by atoms with Crippen LogP contribution < -0.4 is 9.62 Å². The van der Waals surface area contributed by atoms with E-state index in [1.54, 1.807) is 0 Å². The van der Waals surface area contributed by atoms with Gasteiger partial charge in [0.2, 0.25) is 15.9 Å². The van der Waals surface area contributed by atoms with Crippen LogP contribution in [0.5, 0.6) is 0 Å². The molecule has 0 unspecified atom stereocenters. The lowest BCUT2D eigenvalue weighted by Gasteiger charge is -2.24. The van der Waals surface area contributed by atoms with Crippen LogP contribution in [0.2, 0.25) is 0 Å². The molecule has 0 saturated heterocycles. The van der Waals surface area contributed by atoms with Gasteiger partial charge in [-0.05, 0) is 49.1 Å². The van der Waals surface area contributed by atoms with Gasteiger partial charge in [0.15, 0.2) is 11.6 Å². The molecule has 0 saturated carbocycles. The zero-order valence-electron chi connectivity index (χ0n) is 19.4. The number of hydrogen-bond donors (Lipinski definition) is 1. The quantitative estimate of drug-likeness (QED) is 0.461. The average molecular weight is 487 g/mol. The first-order valence-corrected chi connectivity index (χ1v) is 12.8. The van der Waals surface area contributed by atoms with Crippen molar-refractivity contribution < 1.29 is 22.0 Å². The van der Waals surface area contributed by atoms with Gasteiger partial charge in [-0.15, -0.1) is 0 Å². The van der Waals surface area contributed by atoms with Crippen molar-refractivity contribution in [3.05, 3.63) is 101 Å². The molecule has 34 heavy (non-hydrogen) atoms. The van der Waals surface area contributed by atoms with Crippen molar-refractivity contribution in [1.29, 1.82) is 0 Å². The second-order valence-corrected chi connectivity index (χ2v) is 10.2. The summed E-state index contributed by atoms with van der Waals surface area (Å²) in [7, 11) is -3.75. The summed E-state index contributed by atoms with van der Waals surface area (Å²) in [6.07, 6.45) is 1.25. The highest BCUT2D eigenvalue weighted by molar-refractivity contribution is 7.92. The molecular formula is C26H28F2N2O3S. The van der Waals surface area contributed by atoms with Gasteiger partial charge in [-0.2, -0.15) is 0 Å². The number of carbonyl (C=O) groups is 1. The lowest BCUT2D eigenvalue weighted by Crippen LogP contribution is -2.33. The third-order valence-corrected chi connectivity index (χ3v) is 6.73. The molecule has 0 fully saturated rings. The van der Waals surface area contributed by atoms with Gasteiger partial charge in [0, 0.05) is 19.0 Å². The molecule has 0 bridgehead atoms. The molecule has 8 heteroatoms. The lowest BCUT2D eigenvalue weighted by atomic mass is 9.93. The Morgan fingerprint density at radius 1 is 0.971 bits per heavy atom. The Morgan fingerprint density at radius 3 is 2.29 bits per heavy atom. The molecule has 0 aliphatic heterocycles. The van der Waals surface area contributed by atoms with Crippen LogP contribution in [-0.4, -0.2) is 27.1 Å². The largest absolute Gasteiger partial charge is 0.345 e. The summed E-state index contributed by atoms with van der Waals surface area (Å²) in [5, 5.41) is 3.06. The molecule has 0 aliphatic carbocycles. The van der Waals surface area contributed by atoms with Crippen molar-refractivity contribution >= 4 is 21.6 Å².